The minimum atomic E-state index is -4.34. The zero-order valence-corrected chi connectivity index (χ0v) is 47.7. The molecule has 3 atom stereocenters. The molecule has 0 saturated carbocycles. The van der Waals surface area contributed by atoms with Gasteiger partial charge in [-0.3, -0.25) is 13.8 Å². The number of hydrogen-bond acceptors (Lipinski definition) is 5. The standard InChI is InChI=1S/C60H119N2O6P/c1-6-8-10-12-14-16-18-20-22-24-26-27-28-29-30-31-32-33-34-35-36-38-40-42-44-46-48-50-52-54-60(64)61-58(57-68-69(65,66)67-56-55-62(3,4)5)59(63)53-51-49-47-45-43-41-39-37-25-23-21-19-17-15-13-11-9-7-2/h29-30,51,53,58-59,63H,6-28,31-50,52,54-57H2,1-5H3,(H-,61,64,65,66)/p+1/b30-29-,53-51+. The Labute approximate surface area is 430 Å². The van der Waals surface area contributed by atoms with Gasteiger partial charge in [-0.05, 0) is 44.9 Å². The molecule has 0 aliphatic rings. The molecule has 410 valence electrons. The Balaban J connectivity index is 4.11. The van der Waals surface area contributed by atoms with Crippen LogP contribution in [-0.2, 0) is 18.4 Å². The van der Waals surface area contributed by atoms with Crippen LogP contribution >= 0.6 is 7.82 Å². The van der Waals surface area contributed by atoms with Gasteiger partial charge < -0.3 is 19.8 Å². The third kappa shape index (κ3) is 54.6. The molecule has 9 heteroatoms. The lowest BCUT2D eigenvalue weighted by Crippen LogP contribution is -2.45. The Morgan fingerprint density at radius 1 is 0.478 bits per heavy atom. The van der Waals surface area contributed by atoms with Gasteiger partial charge in [-0.25, -0.2) is 4.57 Å². The highest BCUT2D eigenvalue weighted by atomic mass is 31.2. The molecule has 3 N–H and O–H groups in total. The Morgan fingerprint density at radius 3 is 1.12 bits per heavy atom. The molecule has 0 spiro atoms. The van der Waals surface area contributed by atoms with E-state index in [-0.39, 0.29) is 19.1 Å². The van der Waals surface area contributed by atoms with E-state index in [1.54, 1.807) is 6.08 Å². The first-order valence-electron chi connectivity index (χ1n) is 30.2. The quantitative estimate of drug-likeness (QED) is 0.0243. The second-order valence-corrected chi connectivity index (χ2v) is 23.5. The number of aliphatic hydroxyl groups excluding tert-OH is 1. The summed E-state index contributed by atoms with van der Waals surface area (Å²) in [5.41, 5.74) is 0. The van der Waals surface area contributed by atoms with Gasteiger partial charge in [-0.1, -0.05) is 276 Å². The van der Waals surface area contributed by atoms with Crippen LogP contribution in [0.3, 0.4) is 0 Å². The van der Waals surface area contributed by atoms with Crippen LogP contribution in [0.2, 0.25) is 0 Å². The van der Waals surface area contributed by atoms with Crippen LogP contribution in [-0.4, -0.2) is 73.4 Å². The molecular weight excluding hydrogens is 876 g/mol. The van der Waals surface area contributed by atoms with Gasteiger partial charge in [0.15, 0.2) is 0 Å². The molecule has 0 radical (unpaired) electrons. The normalized spacial score (nSPS) is 14.0. The predicted octanol–water partition coefficient (Wildman–Crippen LogP) is 18.4. The summed E-state index contributed by atoms with van der Waals surface area (Å²) in [6.07, 6.45) is 65.7. The molecule has 0 saturated heterocycles. The number of phosphoric ester groups is 1. The number of quaternary nitrogens is 1. The number of rotatable bonds is 56. The van der Waals surface area contributed by atoms with Crippen molar-refractivity contribution in [3.8, 4) is 0 Å². The van der Waals surface area contributed by atoms with E-state index in [1.807, 2.05) is 27.2 Å². The summed E-state index contributed by atoms with van der Waals surface area (Å²) in [6.45, 7) is 4.86. The largest absolute Gasteiger partial charge is 0.472 e. The molecule has 1 amide bonds. The SMILES string of the molecule is CCCCCCCCCCCCCC/C=C\CCCCCCCCCCCCCCCC(=O)NC(COP(=O)(O)OCC[N+](C)(C)C)C(O)/C=C/CCCCCCCCCCCCCCCCCC. The number of nitrogens with zero attached hydrogens (tertiary/aromatic N) is 1. The van der Waals surface area contributed by atoms with Crippen LogP contribution in [0.25, 0.3) is 0 Å². The van der Waals surface area contributed by atoms with Crippen LogP contribution < -0.4 is 5.32 Å². The number of allylic oxidation sites excluding steroid dienone is 3. The van der Waals surface area contributed by atoms with Crippen LogP contribution in [0.4, 0.5) is 0 Å². The van der Waals surface area contributed by atoms with E-state index in [0.29, 0.717) is 17.4 Å². The Hall–Kier alpha value is -1.02. The number of carbonyl (C=O) groups is 1. The second kappa shape index (κ2) is 51.9. The minimum absolute atomic E-state index is 0.0635. The number of hydrogen-bond donors (Lipinski definition) is 3. The highest BCUT2D eigenvalue weighted by molar-refractivity contribution is 7.47. The molecule has 0 aromatic carbocycles. The monoisotopic (exact) mass is 996 g/mol. The van der Waals surface area contributed by atoms with Crippen molar-refractivity contribution < 1.29 is 32.9 Å². The number of aliphatic hydroxyl groups is 1. The van der Waals surface area contributed by atoms with Crippen molar-refractivity contribution in [1.82, 2.24) is 5.32 Å². The molecule has 0 aromatic rings. The lowest BCUT2D eigenvalue weighted by atomic mass is 10.0. The second-order valence-electron chi connectivity index (χ2n) is 22.1. The van der Waals surface area contributed by atoms with Crippen LogP contribution in [0.1, 0.15) is 303 Å². The molecule has 0 bridgehead atoms. The van der Waals surface area contributed by atoms with E-state index >= 15 is 0 Å². The van der Waals surface area contributed by atoms with Crippen molar-refractivity contribution >= 4 is 13.7 Å². The van der Waals surface area contributed by atoms with E-state index in [2.05, 4.69) is 31.3 Å². The summed E-state index contributed by atoms with van der Waals surface area (Å²) in [6, 6.07) is -0.845. The van der Waals surface area contributed by atoms with Crippen molar-refractivity contribution in [2.24, 2.45) is 0 Å². The molecule has 3 unspecified atom stereocenters. The fraction of sp³-hybridized carbons (Fsp3) is 0.917. The first kappa shape index (κ1) is 68.0. The Morgan fingerprint density at radius 2 is 0.783 bits per heavy atom. The summed E-state index contributed by atoms with van der Waals surface area (Å²) in [7, 11) is 1.59. The predicted molar refractivity (Wildman–Crippen MR) is 300 cm³/mol. The zero-order chi connectivity index (χ0) is 50.6. The van der Waals surface area contributed by atoms with E-state index in [1.165, 1.54) is 244 Å². The van der Waals surface area contributed by atoms with Crippen molar-refractivity contribution in [1.29, 1.82) is 0 Å². The first-order valence-corrected chi connectivity index (χ1v) is 31.7. The zero-order valence-electron chi connectivity index (χ0n) is 46.8. The van der Waals surface area contributed by atoms with Gasteiger partial charge in [-0.2, -0.15) is 0 Å². The number of carbonyl (C=O) groups excluding carboxylic acids is 1. The van der Waals surface area contributed by atoms with Crippen molar-refractivity contribution in [3.63, 3.8) is 0 Å². The van der Waals surface area contributed by atoms with E-state index in [4.69, 9.17) is 9.05 Å². The molecule has 0 rings (SSSR count). The first-order chi connectivity index (χ1) is 33.5. The summed E-state index contributed by atoms with van der Waals surface area (Å²) < 4.78 is 23.7. The fourth-order valence-corrected chi connectivity index (χ4v) is 9.89. The summed E-state index contributed by atoms with van der Waals surface area (Å²) in [5, 5.41) is 13.9. The van der Waals surface area contributed by atoms with Gasteiger partial charge in [0.1, 0.15) is 13.2 Å². The van der Waals surface area contributed by atoms with Gasteiger partial charge in [0, 0.05) is 6.42 Å². The third-order valence-electron chi connectivity index (χ3n) is 13.9. The molecule has 0 heterocycles. The van der Waals surface area contributed by atoms with Crippen LogP contribution in [0, 0.1) is 0 Å². The topological polar surface area (TPSA) is 105 Å². The molecular formula is C60H120N2O6P+. The van der Waals surface area contributed by atoms with Gasteiger partial charge >= 0.3 is 7.82 Å². The maximum absolute atomic E-state index is 13.0. The maximum atomic E-state index is 13.0. The summed E-state index contributed by atoms with van der Waals surface area (Å²) >= 11 is 0. The van der Waals surface area contributed by atoms with E-state index in [0.717, 1.165) is 38.5 Å². The molecule has 0 aliphatic heterocycles. The van der Waals surface area contributed by atoms with Gasteiger partial charge in [-0.15, -0.1) is 0 Å². The third-order valence-corrected chi connectivity index (χ3v) is 14.9. The lowest BCUT2D eigenvalue weighted by Gasteiger charge is -2.25. The van der Waals surface area contributed by atoms with Crippen LogP contribution in [0.5, 0.6) is 0 Å². The van der Waals surface area contributed by atoms with E-state index < -0.39 is 20.0 Å². The minimum Gasteiger partial charge on any atom is -0.387 e. The Kier molecular flexibility index (Phi) is 51.1. The fourth-order valence-electron chi connectivity index (χ4n) is 9.16. The number of likely N-dealkylation sites (N-methyl/N-ethyl adjacent to an activating group) is 1. The average Bonchev–Trinajstić information content (AvgIpc) is 3.31. The Bertz CT molecular complexity index is 1170. The number of amides is 1. The molecule has 0 aliphatic carbocycles. The van der Waals surface area contributed by atoms with E-state index in [9.17, 15) is 19.4 Å². The van der Waals surface area contributed by atoms with Crippen molar-refractivity contribution in [2.45, 2.75) is 315 Å². The van der Waals surface area contributed by atoms with Crippen LogP contribution in [0.15, 0.2) is 24.3 Å². The molecule has 8 nitrogen and oxygen atoms in total. The molecule has 0 fully saturated rings. The van der Waals surface area contributed by atoms with Gasteiger partial charge in [0.2, 0.25) is 5.91 Å². The van der Waals surface area contributed by atoms with Crippen molar-refractivity contribution in [2.75, 3.05) is 40.9 Å². The summed E-state index contributed by atoms with van der Waals surface area (Å²) in [5.74, 6) is -0.172. The molecule has 69 heavy (non-hydrogen) atoms. The highest BCUT2D eigenvalue weighted by Gasteiger charge is 2.27. The highest BCUT2D eigenvalue weighted by Crippen LogP contribution is 2.43. The molecule has 0 aromatic heterocycles. The van der Waals surface area contributed by atoms with Crippen molar-refractivity contribution in [3.05, 3.63) is 24.3 Å². The van der Waals surface area contributed by atoms with Gasteiger partial charge in [0.05, 0.1) is 39.9 Å². The smallest absolute Gasteiger partial charge is 0.387 e. The number of nitrogens with one attached hydrogen (secondary N) is 1. The number of phosphoric acid groups is 1. The lowest BCUT2D eigenvalue weighted by molar-refractivity contribution is -0.870. The summed E-state index contributed by atoms with van der Waals surface area (Å²) in [4.78, 5) is 23.3. The van der Waals surface area contributed by atoms with Gasteiger partial charge in [0.25, 0.3) is 0 Å². The maximum Gasteiger partial charge on any atom is 0.472 e. The average molecular weight is 997 g/mol. The number of unbranched alkanes of at least 4 members (excludes halogenated alkanes) is 41.